The fraction of sp³-hybridized carbons (Fsp3) is 0.684. The van der Waals surface area contributed by atoms with E-state index in [1.54, 1.807) is 0 Å². The minimum absolute atomic E-state index is 0.0312. The van der Waals surface area contributed by atoms with Crippen LogP contribution in [0.15, 0.2) is 12.1 Å². The molecule has 0 bridgehead atoms. The summed E-state index contributed by atoms with van der Waals surface area (Å²) in [4.78, 5) is -0.0312. The highest BCUT2D eigenvalue weighted by atomic mass is 16.5. The monoisotopic (exact) mass is 343 g/mol. The van der Waals surface area contributed by atoms with E-state index in [0.717, 1.165) is 0 Å². The number of piperidine rings is 1. The number of benzene rings is 1. The third-order valence-electron chi connectivity index (χ3n) is 3.28. The molecule has 1 aromatic rings. The molecule has 1 fully saturated rings. The summed E-state index contributed by atoms with van der Waals surface area (Å²) in [5.41, 5.74) is -1.86. The maximum Gasteiger partial charge on any atom is 0.161 e. The lowest BCUT2D eigenvalue weighted by molar-refractivity contribution is -0.0191. The highest BCUT2D eigenvalue weighted by Gasteiger charge is 2.38. The number of rotatable bonds is 4. The predicted octanol–water partition coefficient (Wildman–Crippen LogP) is 3.03. The molecule has 4 nitrogen and oxygen atoms in total. The van der Waals surface area contributed by atoms with Crippen LogP contribution in [0.1, 0.15) is 76.5 Å². The second kappa shape index (κ2) is 6.70. The molecule has 2 heterocycles. The SMILES string of the molecule is [2H]c1c2c(c([2H])c(OC([2H])([2H])[2H])c1OC([2H])([2H])[2H])C1([2H])N(CC2)C([2H])([2H])C([2H])(C([2H])([2H])C([2H])(C([2H])([2H])[2H])C([2H])([2H])[2H])C([2H])(O)C1([2H])[2H]. The van der Waals surface area contributed by atoms with Gasteiger partial charge in [0, 0.05) is 38.3 Å². The summed E-state index contributed by atoms with van der Waals surface area (Å²) in [6.45, 7) is -13.7. The van der Waals surface area contributed by atoms with Crippen LogP contribution in [0.5, 0.6) is 11.5 Å². The van der Waals surface area contributed by atoms with E-state index in [0.29, 0.717) is 0 Å². The van der Waals surface area contributed by atoms with Gasteiger partial charge in [0.25, 0.3) is 0 Å². The standard InChI is InChI=1S/C19H29NO3/c1-12(2)7-14-11-20-6-5-13-8-18(22-3)19(23-4)9-15(13)16(20)10-17(14)21/h8-9,12,14,16-17,21H,5-7,10-11H2,1-4H3/i1D3,2D3,3D3,4D3,7D2,8D,9D,10D2,11D2,12D,14D,16D,17D. The summed E-state index contributed by atoms with van der Waals surface area (Å²) < 4.78 is 205. The van der Waals surface area contributed by atoms with Crippen molar-refractivity contribution in [1.82, 2.24) is 4.90 Å². The molecule has 23 heavy (non-hydrogen) atoms. The molecule has 0 aromatic heterocycles. The summed E-state index contributed by atoms with van der Waals surface area (Å²) in [5, 5.41) is 11.5. The topological polar surface area (TPSA) is 41.9 Å². The summed E-state index contributed by atoms with van der Waals surface area (Å²) in [7, 11) is -6.91. The number of nitrogens with zero attached hydrogens (tertiary/aromatic N) is 1. The zero-order valence-corrected chi connectivity index (χ0v) is 11.6. The zero-order valence-electron chi connectivity index (χ0n) is 35.6. The fourth-order valence-corrected chi connectivity index (χ4v) is 2.32. The minimum atomic E-state index is -4.74. The van der Waals surface area contributed by atoms with E-state index in [1.807, 2.05) is 0 Å². The molecule has 1 aromatic carbocycles. The Kier molecular flexibility index (Phi) is 1.19. The molecular formula is C19H29NO3. The number of aliphatic hydroxyl groups is 1. The van der Waals surface area contributed by atoms with Gasteiger partial charge in [-0.05, 0) is 54.2 Å². The summed E-state index contributed by atoms with van der Waals surface area (Å²) in [6.07, 6.45) is -14.5. The van der Waals surface area contributed by atoms with Crippen molar-refractivity contribution in [2.75, 3.05) is 27.1 Å². The van der Waals surface area contributed by atoms with Crippen LogP contribution < -0.4 is 9.47 Å². The Balaban J connectivity index is 2.55. The Hall–Kier alpha value is -1.26. The van der Waals surface area contributed by atoms with Gasteiger partial charge < -0.3 is 14.6 Å². The lowest BCUT2D eigenvalue weighted by Gasteiger charge is -2.46. The molecule has 3 atom stereocenters. The van der Waals surface area contributed by atoms with Gasteiger partial charge >= 0.3 is 0 Å². The summed E-state index contributed by atoms with van der Waals surface area (Å²) in [6, 6.07) is -6.23. The van der Waals surface area contributed by atoms with Crippen LogP contribution in [-0.4, -0.2) is 43.2 Å². The van der Waals surface area contributed by atoms with Gasteiger partial charge in [0.15, 0.2) is 11.5 Å². The highest BCUT2D eigenvalue weighted by molar-refractivity contribution is 5.49. The van der Waals surface area contributed by atoms with Crippen molar-refractivity contribution < 1.29 is 47.5 Å². The van der Waals surface area contributed by atoms with Crippen molar-refractivity contribution in [2.24, 2.45) is 11.8 Å². The molecule has 3 rings (SSSR count). The van der Waals surface area contributed by atoms with Crippen molar-refractivity contribution in [1.29, 1.82) is 0 Å². The quantitative estimate of drug-likeness (QED) is 0.912. The smallest absolute Gasteiger partial charge is 0.161 e. The second-order valence-electron chi connectivity index (χ2n) is 4.68. The average Bonchev–Trinajstić information content (AvgIpc) is 2.83. The van der Waals surface area contributed by atoms with E-state index in [9.17, 15) is 6.48 Å². The van der Waals surface area contributed by atoms with Crippen LogP contribution in [0.4, 0.5) is 0 Å². The number of methoxy groups -OCH3 is 2. The molecular weight excluding hydrogens is 290 g/mol. The molecule has 0 radical (unpaired) electrons. The highest BCUT2D eigenvalue weighted by Crippen LogP contribution is 2.43. The molecule has 0 aliphatic carbocycles. The van der Waals surface area contributed by atoms with E-state index in [2.05, 4.69) is 0 Å². The second-order valence-corrected chi connectivity index (χ2v) is 4.68. The summed E-state index contributed by atoms with van der Waals surface area (Å²) in [5.74, 6) is -11.7. The lowest BCUT2D eigenvalue weighted by Crippen LogP contribution is -2.48. The number of ether oxygens (including phenoxy) is 2. The number of hydrogen-bond acceptors (Lipinski definition) is 4. The Bertz CT molecular complexity index is 1410. The van der Waals surface area contributed by atoms with Gasteiger partial charge in [0.05, 0.1) is 33.9 Å². The van der Waals surface area contributed by atoms with E-state index < -0.39 is 119 Å². The Morgan fingerprint density at radius 2 is 2.30 bits per heavy atom. The first-order valence-electron chi connectivity index (χ1n) is 18.4. The van der Waals surface area contributed by atoms with Gasteiger partial charge in [-0.25, -0.2) is 0 Å². The van der Waals surface area contributed by atoms with Crippen LogP contribution in [0.2, 0.25) is 0 Å². The first kappa shape index (κ1) is 4.10. The lowest BCUT2D eigenvalue weighted by atomic mass is 9.79. The van der Waals surface area contributed by atoms with Crippen molar-refractivity contribution in [3.63, 3.8) is 0 Å². The minimum Gasteiger partial charge on any atom is -0.493 e. The predicted molar refractivity (Wildman–Crippen MR) is 91.1 cm³/mol. The molecule has 0 saturated carbocycles. The molecule has 3 unspecified atom stereocenters. The average molecular weight is 344 g/mol. The van der Waals surface area contributed by atoms with E-state index in [4.69, 9.17) is 41.0 Å². The van der Waals surface area contributed by atoms with Gasteiger partial charge in [-0.2, -0.15) is 0 Å². The molecule has 2 aliphatic heterocycles. The third kappa shape index (κ3) is 3.20. The van der Waals surface area contributed by atoms with Crippen LogP contribution in [-0.2, 0) is 6.42 Å². The molecule has 0 amide bonds. The van der Waals surface area contributed by atoms with E-state index >= 15 is 0 Å². The Morgan fingerprint density at radius 3 is 3.04 bits per heavy atom. The van der Waals surface area contributed by atoms with Gasteiger partial charge in [0.2, 0.25) is 0 Å². The number of hydrogen-bond donors (Lipinski definition) is 1. The maximum atomic E-state index is 11.5. The normalized spacial score (nSPS) is 60.0. The van der Waals surface area contributed by atoms with Gasteiger partial charge in [0.1, 0.15) is 0 Å². The third-order valence-corrected chi connectivity index (χ3v) is 3.28. The van der Waals surface area contributed by atoms with Crippen molar-refractivity contribution in [3.8, 4) is 11.5 Å². The zero-order chi connectivity index (χ0) is 37.4. The number of fused-ring (bicyclic) bond motifs is 3. The Labute approximate surface area is 173 Å². The Morgan fingerprint density at radius 1 is 1.52 bits per heavy atom. The van der Waals surface area contributed by atoms with Crippen LogP contribution in [0, 0.1) is 11.8 Å². The van der Waals surface area contributed by atoms with Crippen molar-refractivity contribution in [3.05, 3.63) is 23.2 Å². The van der Waals surface area contributed by atoms with Crippen LogP contribution >= 0.6 is 0 Å². The fourth-order valence-electron chi connectivity index (χ4n) is 2.32. The first-order chi connectivity index (χ1) is 20.4. The molecule has 0 spiro atoms. The van der Waals surface area contributed by atoms with Crippen LogP contribution in [0.25, 0.3) is 0 Å². The maximum absolute atomic E-state index is 11.5. The summed E-state index contributed by atoms with van der Waals surface area (Å²) >= 11 is 0. The van der Waals surface area contributed by atoms with Crippen LogP contribution in [0.3, 0.4) is 0 Å². The molecule has 1 N–H and O–H groups in total. The van der Waals surface area contributed by atoms with Gasteiger partial charge in [-0.15, -0.1) is 0 Å². The van der Waals surface area contributed by atoms with Gasteiger partial charge in [-0.1, -0.05) is 13.7 Å². The molecule has 1 saturated heterocycles. The largest absolute Gasteiger partial charge is 0.493 e. The van der Waals surface area contributed by atoms with Gasteiger partial charge in [-0.3, -0.25) is 4.90 Å². The van der Waals surface area contributed by atoms with Crippen molar-refractivity contribution >= 4 is 0 Å². The van der Waals surface area contributed by atoms with Crippen molar-refractivity contribution in [2.45, 2.75) is 45.0 Å². The first-order valence-corrected chi connectivity index (χ1v) is 6.41. The molecule has 4 heteroatoms. The molecule has 128 valence electrons. The van der Waals surface area contributed by atoms with E-state index in [-0.39, 0.29) is 4.90 Å². The van der Waals surface area contributed by atoms with E-state index in [1.165, 1.54) is 0 Å². The molecule has 2 aliphatic rings.